The van der Waals surface area contributed by atoms with E-state index in [4.69, 9.17) is 0 Å². The van der Waals surface area contributed by atoms with E-state index in [0.717, 1.165) is 19.5 Å². The number of carbonyl (C=O) groups excluding carboxylic acids is 2. The summed E-state index contributed by atoms with van der Waals surface area (Å²) in [6.45, 7) is 9.21. The first-order valence-corrected chi connectivity index (χ1v) is 9.16. The highest BCUT2D eigenvalue weighted by atomic mass is 16.2. The van der Waals surface area contributed by atoms with Crippen LogP contribution in [0.4, 0.5) is 4.79 Å². The Morgan fingerprint density at radius 2 is 1.92 bits per heavy atom. The number of hydrogen-bond donors (Lipinski definition) is 2. The summed E-state index contributed by atoms with van der Waals surface area (Å²) in [4.78, 5) is 28.0. The zero-order valence-electron chi connectivity index (χ0n) is 15.5. The monoisotopic (exact) mass is 346 g/mol. The van der Waals surface area contributed by atoms with Gasteiger partial charge in [0.05, 0.1) is 6.54 Å². The van der Waals surface area contributed by atoms with E-state index in [1.165, 1.54) is 5.56 Å². The molecule has 3 amide bonds. The van der Waals surface area contributed by atoms with Crippen LogP contribution in [0.1, 0.15) is 38.8 Å². The third kappa shape index (κ3) is 5.46. The van der Waals surface area contributed by atoms with Gasteiger partial charge in [0.25, 0.3) is 0 Å². The van der Waals surface area contributed by atoms with E-state index >= 15 is 0 Å². The number of nitrogens with zero attached hydrogens (tertiary/aromatic N) is 2. The Bertz CT molecular complexity index is 560. The third-order valence-electron chi connectivity index (χ3n) is 4.90. The third-order valence-corrected chi connectivity index (χ3v) is 4.90. The predicted octanol–water partition coefficient (Wildman–Crippen LogP) is 1.99. The summed E-state index contributed by atoms with van der Waals surface area (Å²) < 4.78 is 0. The van der Waals surface area contributed by atoms with Crippen LogP contribution in [-0.4, -0.2) is 60.5 Å². The van der Waals surface area contributed by atoms with E-state index in [-0.39, 0.29) is 24.5 Å². The van der Waals surface area contributed by atoms with Gasteiger partial charge < -0.3 is 15.5 Å². The first-order valence-electron chi connectivity index (χ1n) is 9.16. The lowest BCUT2D eigenvalue weighted by Gasteiger charge is -2.25. The fourth-order valence-electron chi connectivity index (χ4n) is 3.28. The lowest BCUT2D eigenvalue weighted by Crippen LogP contribution is -2.47. The molecule has 0 aromatic heterocycles. The van der Waals surface area contributed by atoms with E-state index in [2.05, 4.69) is 46.7 Å². The number of benzene rings is 1. The summed E-state index contributed by atoms with van der Waals surface area (Å²) in [5, 5.41) is 5.66. The molecular weight excluding hydrogens is 316 g/mol. The minimum absolute atomic E-state index is 0.0460. The molecule has 6 nitrogen and oxygen atoms in total. The number of likely N-dealkylation sites (N-methyl/N-ethyl adjacent to an activating group) is 1. The summed E-state index contributed by atoms with van der Waals surface area (Å²) in [5.74, 6) is -0.0501. The van der Waals surface area contributed by atoms with Gasteiger partial charge in [-0.2, -0.15) is 0 Å². The van der Waals surface area contributed by atoms with Crippen molar-refractivity contribution in [3.05, 3.63) is 35.9 Å². The molecule has 2 unspecified atom stereocenters. The second kappa shape index (κ2) is 9.42. The largest absolute Gasteiger partial charge is 0.342 e. The van der Waals surface area contributed by atoms with E-state index < -0.39 is 0 Å². The summed E-state index contributed by atoms with van der Waals surface area (Å²) in [6, 6.07) is 10.6. The maximum Gasteiger partial charge on any atom is 0.315 e. The Morgan fingerprint density at radius 1 is 1.24 bits per heavy atom. The number of likely N-dealkylation sites (tertiary alicyclic amines) is 1. The summed E-state index contributed by atoms with van der Waals surface area (Å²) in [5.41, 5.74) is 1.29. The Labute approximate surface area is 150 Å². The van der Waals surface area contributed by atoms with Gasteiger partial charge in [-0.3, -0.25) is 9.69 Å². The van der Waals surface area contributed by atoms with Gasteiger partial charge >= 0.3 is 6.03 Å². The molecule has 0 radical (unpaired) electrons. The molecule has 1 fully saturated rings. The molecule has 0 bridgehead atoms. The van der Waals surface area contributed by atoms with Gasteiger partial charge in [0.15, 0.2) is 0 Å². The first kappa shape index (κ1) is 19.2. The van der Waals surface area contributed by atoms with Crippen LogP contribution in [0.15, 0.2) is 30.3 Å². The van der Waals surface area contributed by atoms with Crippen molar-refractivity contribution in [2.24, 2.45) is 0 Å². The smallest absolute Gasteiger partial charge is 0.315 e. The van der Waals surface area contributed by atoms with Crippen LogP contribution in [0, 0.1) is 0 Å². The van der Waals surface area contributed by atoms with Crippen molar-refractivity contribution in [3.63, 3.8) is 0 Å². The fourth-order valence-corrected chi connectivity index (χ4v) is 3.28. The van der Waals surface area contributed by atoms with Crippen LogP contribution in [0.2, 0.25) is 0 Å². The van der Waals surface area contributed by atoms with E-state index in [1.807, 2.05) is 19.9 Å². The molecule has 1 aromatic rings. The molecule has 1 aliphatic rings. The molecule has 1 heterocycles. The molecule has 1 aliphatic heterocycles. The number of hydrogen-bond acceptors (Lipinski definition) is 3. The number of amides is 3. The first-order chi connectivity index (χ1) is 12.0. The lowest BCUT2D eigenvalue weighted by molar-refractivity contribution is -0.129. The Morgan fingerprint density at radius 3 is 2.56 bits per heavy atom. The molecule has 2 N–H and O–H groups in total. The van der Waals surface area contributed by atoms with Crippen molar-refractivity contribution in [2.45, 2.75) is 39.3 Å². The minimum atomic E-state index is -0.264. The normalized spacial score (nSPS) is 18.6. The van der Waals surface area contributed by atoms with E-state index in [9.17, 15) is 9.59 Å². The number of nitrogens with one attached hydrogen (secondary N) is 2. The molecule has 0 saturated carbocycles. The maximum absolute atomic E-state index is 12.0. The zero-order valence-corrected chi connectivity index (χ0v) is 15.5. The van der Waals surface area contributed by atoms with Crippen molar-refractivity contribution in [2.75, 3.05) is 32.7 Å². The molecule has 2 rings (SSSR count). The van der Waals surface area contributed by atoms with Gasteiger partial charge in [0.2, 0.25) is 5.91 Å². The summed E-state index contributed by atoms with van der Waals surface area (Å²) in [6.07, 6.45) is 0.925. The molecule has 1 saturated heterocycles. The van der Waals surface area contributed by atoms with Crippen LogP contribution < -0.4 is 10.6 Å². The summed E-state index contributed by atoms with van der Waals surface area (Å²) in [7, 11) is 0. The topological polar surface area (TPSA) is 64.7 Å². The predicted molar refractivity (Wildman–Crippen MR) is 99.3 cm³/mol. The van der Waals surface area contributed by atoms with Crippen LogP contribution >= 0.6 is 0 Å². The average Bonchev–Trinajstić information content (AvgIpc) is 3.09. The molecule has 0 aliphatic carbocycles. The fraction of sp³-hybridized carbons (Fsp3) is 0.579. The molecule has 2 atom stereocenters. The number of rotatable bonds is 7. The highest BCUT2D eigenvalue weighted by molar-refractivity contribution is 5.84. The van der Waals surface area contributed by atoms with Crippen LogP contribution in [0.3, 0.4) is 0 Å². The van der Waals surface area contributed by atoms with Crippen LogP contribution in [-0.2, 0) is 4.79 Å². The molecule has 1 aromatic carbocycles. The molecule has 6 heteroatoms. The highest BCUT2D eigenvalue weighted by Crippen LogP contribution is 2.24. The zero-order chi connectivity index (χ0) is 18.2. The van der Waals surface area contributed by atoms with E-state index in [0.29, 0.717) is 19.1 Å². The minimum Gasteiger partial charge on any atom is -0.342 e. The SMILES string of the molecule is CCN(CC)C(=O)CNC(=O)NC1CCN(C(C)c2ccccc2)C1. The van der Waals surface area contributed by atoms with Gasteiger partial charge in [0, 0.05) is 38.3 Å². The van der Waals surface area contributed by atoms with Crippen molar-refractivity contribution >= 4 is 11.9 Å². The molecule has 138 valence electrons. The van der Waals surface area contributed by atoms with E-state index in [1.54, 1.807) is 4.90 Å². The Hall–Kier alpha value is -2.08. The molecule has 25 heavy (non-hydrogen) atoms. The average molecular weight is 346 g/mol. The molecular formula is C19H30N4O2. The van der Waals surface area contributed by atoms with Gasteiger partial charge in [-0.25, -0.2) is 4.79 Å². The maximum atomic E-state index is 12.0. The summed E-state index contributed by atoms with van der Waals surface area (Å²) >= 11 is 0. The van der Waals surface area contributed by atoms with Gasteiger partial charge in [-0.15, -0.1) is 0 Å². The van der Waals surface area contributed by atoms with Gasteiger partial charge in [0.1, 0.15) is 0 Å². The van der Waals surface area contributed by atoms with Crippen molar-refractivity contribution in [1.29, 1.82) is 0 Å². The lowest BCUT2D eigenvalue weighted by atomic mass is 10.1. The Balaban J connectivity index is 1.75. The standard InChI is InChI=1S/C19H30N4O2/c1-4-22(5-2)18(24)13-20-19(25)21-17-11-12-23(14-17)15(3)16-9-7-6-8-10-16/h6-10,15,17H,4-5,11-14H2,1-3H3,(H2,20,21,25). The van der Waals surface area contributed by atoms with Crippen molar-refractivity contribution in [3.8, 4) is 0 Å². The van der Waals surface area contributed by atoms with Crippen LogP contribution in [0.25, 0.3) is 0 Å². The number of carbonyl (C=O) groups is 2. The second-order valence-electron chi connectivity index (χ2n) is 6.46. The molecule has 0 spiro atoms. The number of urea groups is 1. The van der Waals surface area contributed by atoms with Gasteiger partial charge in [-0.05, 0) is 32.8 Å². The van der Waals surface area contributed by atoms with Crippen LogP contribution in [0.5, 0.6) is 0 Å². The second-order valence-corrected chi connectivity index (χ2v) is 6.46. The van der Waals surface area contributed by atoms with Gasteiger partial charge in [-0.1, -0.05) is 30.3 Å². The highest BCUT2D eigenvalue weighted by Gasteiger charge is 2.27. The quantitative estimate of drug-likeness (QED) is 0.794. The van der Waals surface area contributed by atoms with Crippen molar-refractivity contribution in [1.82, 2.24) is 20.4 Å². The van der Waals surface area contributed by atoms with Crippen molar-refractivity contribution < 1.29 is 9.59 Å². The Kier molecular flexibility index (Phi) is 7.25.